The Kier molecular flexibility index (Phi) is 10.1. The van der Waals surface area contributed by atoms with E-state index in [1.807, 2.05) is 0 Å². The van der Waals surface area contributed by atoms with Crippen LogP contribution in [0.3, 0.4) is 0 Å². The van der Waals surface area contributed by atoms with Crippen molar-refractivity contribution in [2.24, 2.45) is 11.5 Å². The maximum Gasteiger partial charge on any atom is 0.326 e. The van der Waals surface area contributed by atoms with Crippen molar-refractivity contribution in [1.82, 2.24) is 10.6 Å². The Balaban J connectivity index is 2.94. The zero-order valence-corrected chi connectivity index (χ0v) is 16.4. The maximum absolute atomic E-state index is 12.7. The number of unbranched alkanes of at least 4 members (excludes halogenated alkanes) is 1. The van der Waals surface area contributed by atoms with Gasteiger partial charge >= 0.3 is 5.97 Å². The summed E-state index contributed by atoms with van der Waals surface area (Å²) in [5, 5.41) is 33.1. The fourth-order valence-corrected chi connectivity index (χ4v) is 2.59. The molecule has 0 spiro atoms. The second-order valence-corrected chi connectivity index (χ2v) is 6.88. The molecule has 0 aliphatic carbocycles. The van der Waals surface area contributed by atoms with Crippen LogP contribution >= 0.6 is 0 Å². The van der Waals surface area contributed by atoms with E-state index in [0.717, 1.165) is 0 Å². The number of hydrogen-bond acceptors (Lipinski definition) is 7. The molecular weight excluding hydrogens is 380 g/mol. The van der Waals surface area contributed by atoms with Gasteiger partial charge in [-0.15, -0.1) is 0 Å². The first-order valence-electron chi connectivity index (χ1n) is 9.40. The number of nitrogens with one attached hydrogen (secondary N) is 2. The number of hydrogen-bond donors (Lipinski definition) is 7. The largest absolute Gasteiger partial charge is 0.508 e. The van der Waals surface area contributed by atoms with Crippen molar-refractivity contribution < 1.29 is 29.7 Å². The van der Waals surface area contributed by atoms with E-state index in [-0.39, 0.29) is 18.6 Å². The summed E-state index contributed by atoms with van der Waals surface area (Å²) in [5.74, 6) is -2.58. The molecule has 0 heterocycles. The number of aliphatic hydroxyl groups is 1. The van der Waals surface area contributed by atoms with Gasteiger partial charge in [-0.05, 0) is 50.4 Å². The summed E-state index contributed by atoms with van der Waals surface area (Å²) in [5.41, 5.74) is 11.7. The quantitative estimate of drug-likeness (QED) is 0.210. The second-order valence-electron chi connectivity index (χ2n) is 6.88. The van der Waals surface area contributed by atoms with Gasteiger partial charge in [0.25, 0.3) is 0 Å². The monoisotopic (exact) mass is 410 g/mol. The number of benzene rings is 1. The number of phenols is 1. The summed E-state index contributed by atoms with van der Waals surface area (Å²) in [7, 11) is 0. The third-order valence-electron chi connectivity index (χ3n) is 4.39. The van der Waals surface area contributed by atoms with Gasteiger partial charge < -0.3 is 37.4 Å². The highest BCUT2D eigenvalue weighted by atomic mass is 16.4. The summed E-state index contributed by atoms with van der Waals surface area (Å²) in [6, 6.07) is 2.52. The number of aliphatic carboxylic acids is 1. The predicted octanol–water partition coefficient (Wildman–Crippen LogP) is -1.17. The summed E-state index contributed by atoms with van der Waals surface area (Å²) >= 11 is 0. The van der Waals surface area contributed by atoms with Crippen molar-refractivity contribution in [3.63, 3.8) is 0 Å². The van der Waals surface area contributed by atoms with Gasteiger partial charge in [-0.2, -0.15) is 0 Å². The molecule has 4 atom stereocenters. The van der Waals surface area contributed by atoms with Crippen LogP contribution in [0.1, 0.15) is 31.7 Å². The van der Waals surface area contributed by atoms with E-state index in [0.29, 0.717) is 24.9 Å². The molecule has 1 aromatic rings. The number of aromatic hydroxyl groups is 1. The summed E-state index contributed by atoms with van der Waals surface area (Å²) in [6.45, 7) is 1.76. The number of carboxylic acid groups (broad SMARTS) is 1. The van der Waals surface area contributed by atoms with E-state index >= 15 is 0 Å². The number of nitrogens with two attached hydrogens (primary N) is 2. The minimum absolute atomic E-state index is 0.0412. The van der Waals surface area contributed by atoms with Crippen molar-refractivity contribution >= 4 is 17.8 Å². The van der Waals surface area contributed by atoms with Crippen LogP contribution in [0.5, 0.6) is 5.75 Å². The molecule has 0 aromatic heterocycles. The van der Waals surface area contributed by atoms with Crippen LogP contribution in [-0.2, 0) is 20.8 Å². The lowest BCUT2D eigenvalue weighted by atomic mass is 10.0. The molecular formula is C19H30N4O6. The lowest BCUT2D eigenvalue weighted by molar-refractivity contribution is -0.142. The molecule has 1 aromatic carbocycles. The topological polar surface area (TPSA) is 188 Å². The minimum Gasteiger partial charge on any atom is -0.508 e. The fourth-order valence-electron chi connectivity index (χ4n) is 2.59. The lowest BCUT2D eigenvalue weighted by Gasteiger charge is -2.24. The Labute approximate surface area is 169 Å². The van der Waals surface area contributed by atoms with Crippen molar-refractivity contribution in [2.75, 3.05) is 6.54 Å². The number of phenolic OH excluding ortho intramolecular Hbond substituents is 1. The van der Waals surface area contributed by atoms with Gasteiger partial charge in [-0.3, -0.25) is 9.59 Å². The highest BCUT2D eigenvalue weighted by Gasteiger charge is 2.29. The van der Waals surface area contributed by atoms with Crippen LogP contribution in [0.15, 0.2) is 24.3 Å². The van der Waals surface area contributed by atoms with Gasteiger partial charge in [0.05, 0.1) is 6.10 Å². The number of carbonyl (C=O) groups excluding carboxylic acids is 2. The standard InChI is InChI=1S/C19H30N4O6/c1-11(24)16(21)18(27)23-15(10-12-5-7-13(25)8-6-12)17(26)22-14(19(28)29)4-2-3-9-20/h5-8,11,14-16,24-25H,2-4,9-10,20-21H2,1H3,(H,22,26)(H,23,27)(H,28,29). The molecule has 10 nitrogen and oxygen atoms in total. The van der Waals surface area contributed by atoms with Gasteiger partial charge in [0.1, 0.15) is 23.9 Å². The Bertz CT molecular complexity index is 680. The number of carboxylic acids is 1. The number of amides is 2. The second kappa shape index (κ2) is 12.0. The van der Waals surface area contributed by atoms with Gasteiger partial charge in [-0.1, -0.05) is 12.1 Å². The van der Waals surface area contributed by atoms with E-state index in [1.165, 1.54) is 19.1 Å². The third kappa shape index (κ3) is 8.46. The molecule has 29 heavy (non-hydrogen) atoms. The van der Waals surface area contributed by atoms with Crippen LogP contribution in [0.25, 0.3) is 0 Å². The van der Waals surface area contributed by atoms with Gasteiger partial charge in [0, 0.05) is 6.42 Å². The first-order valence-corrected chi connectivity index (χ1v) is 9.40. The number of carbonyl (C=O) groups is 3. The molecule has 0 saturated heterocycles. The summed E-state index contributed by atoms with van der Waals surface area (Å²) < 4.78 is 0. The van der Waals surface area contributed by atoms with Gasteiger partial charge in [0.2, 0.25) is 11.8 Å². The normalized spacial score (nSPS) is 15.0. The van der Waals surface area contributed by atoms with Crippen molar-refractivity contribution in [1.29, 1.82) is 0 Å². The van der Waals surface area contributed by atoms with Crippen LogP contribution in [-0.4, -0.2) is 63.9 Å². The fraction of sp³-hybridized carbons (Fsp3) is 0.526. The van der Waals surface area contributed by atoms with Crippen molar-refractivity contribution in [3.8, 4) is 5.75 Å². The number of aliphatic hydroxyl groups excluding tert-OH is 1. The van der Waals surface area contributed by atoms with Crippen LogP contribution < -0.4 is 22.1 Å². The molecule has 0 radical (unpaired) electrons. The molecule has 2 amide bonds. The lowest BCUT2D eigenvalue weighted by Crippen LogP contribution is -2.56. The zero-order valence-electron chi connectivity index (χ0n) is 16.4. The first-order chi connectivity index (χ1) is 13.6. The predicted molar refractivity (Wildman–Crippen MR) is 106 cm³/mol. The summed E-state index contributed by atoms with van der Waals surface area (Å²) in [4.78, 5) is 36.4. The average molecular weight is 410 g/mol. The number of rotatable bonds is 12. The molecule has 10 heteroatoms. The van der Waals surface area contributed by atoms with E-state index in [2.05, 4.69) is 10.6 Å². The van der Waals surface area contributed by atoms with E-state index in [9.17, 15) is 29.7 Å². The molecule has 0 aliphatic heterocycles. The van der Waals surface area contributed by atoms with Gasteiger partial charge in [0.15, 0.2) is 0 Å². The SMILES string of the molecule is CC(O)C(N)C(=O)NC(Cc1ccc(O)cc1)C(=O)NC(CCCCN)C(=O)O. The molecule has 0 aliphatic rings. The smallest absolute Gasteiger partial charge is 0.326 e. The van der Waals surface area contributed by atoms with Crippen LogP contribution in [0.4, 0.5) is 0 Å². The van der Waals surface area contributed by atoms with Crippen LogP contribution in [0, 0.1) is 0 Å². The minimum atomic E-state index is -1.25. The molecule has 0 fully saturated rings. The van der Waals surface area contributed by atoms with E-state index < -0.39 is 42.0 Å². The molecule has 162 valence electrons. The van der Waals surface area contributed by atoms with Crippen molar-refractivity contribution in [2.45, 2.75) is 56.8 Å². The third-order valence-corrected chi connectivity index (χ3v) is 4.39. The highest BCUT2D eigenvalue weighted by Crippen LogP contribution is 2.12. The Morgan fingerprint density at radius 2 is 1.62 bits per heavy atom. The van der Waals surface area contributed by atoms with Crippen LogP contribution in [0.2, 0.25) is 0 Å². The maximum atomic E-state index is 12.7. The Morgan fingerprint density at radius 1 is 1.03 bits per heavy atom. The van der Waals surface area contributed by atoms with Gasteiger partial charge in [-0.25, -0.2) is 4.79 Å². The van der Waals surface area contributed by atoms with Crippen molar-refractivity contribution in [3.05, 3.63) is 29.8 Å². The Hall–Kier alpha value is -2.69. The molecule has 4 unspecified atom stereocenters. The molecule has 0 saturated carbocycles. The molecule has 9 N–H and O–H groups in total. The first kappa shape index (κ1) is 24.3. The van der Waals surface area contributed by atoms with E-state index in [4.69, 9.17) is 11.5 Å². The zero-order chi connectivity index (χ0) is 22.0. The Morgan fingerprint density at radius 3 is 2.14 bits per heavy atom. The average Bonchev–Trinajstić information content (AvgIpc) is 2.67. The van der Waals surface area contributed by atoms with E-state index in [1.54, 1.807) is 12.1 Å². The summed E-state index contributed by atoms with van der Waals surface area (Å²) in [6.07, 6.45) is 0.257. The molecule has 0 bridgehead atoms. The highest BCUT2D eigenvalue weighted by molar-refractivity contribution is 5.92. The molecule has 1 rings (SSSR count).